The molecule has 0 aromatic rings. The summed E-state index contributed by atoms with van der Waals surface area (Å²) in [6.45, 7) is 3.89. The maximum absolute atomic E-state index is 9.53. The fourth-order valence-corrected chi connectivity index (χ4v) is 1.59. The monoisotopic (exact) mass is 206 g/mol. The topological polar surface area (TPSA) is 90.2 Å². The molecule has 5 unspecified atom stereocenters. The summed E-state index contributed by atoms with van der Waals surface area (Å²) in [5.74, 6) is 0.282. The molecule has 1 fully saturated rings. The van der Waals surface area contributed by atoms with Gasteiger partial charge in [0, 0.05) is 0 Å². The lowest BCUT2D eigenvalue weighted by molar-refractivity contribution is -0.283. The van der Waals surface area contributed by atoms with Crippen LogP contribution in [-0.4, -0.2) is 51.1 Å². The van der Waals surface area contributed by atoms with E-state index in [0.717, 1.165) is 0 Å². The van der Waals surface area contributed by atoms with Crippen LogP contribution in [0.4, 0.5) is 0 Å². The molecule has 0 bridgehead atoms. The van der Waals surface area contributed by atoms with Gasteiger partial charge in [-0.25, -0.2) is 0 Å². The highest BCUT2D eigenvalue weighted by atomic mass is 16.6. The van der Waals surface area contributed by atoms with Crippen LogP contribution < -0.4 is 0 Å². The maximum Gasteiger partial charge on any atom is 0.183 e. The molecule has 0 spiro atoms. The first-order chi connectivity index (χ1) is 6.43. The average molecular weight is 206 g/mol. The van der Waals surface area contributed by atoms with E-state index < -0.39 is 30.7 Å². The van der Waals surface area contributed by atoms with E-state index in [-0.39, 0.29) is 5.92 Å². The Balaban J connectivity index is 2.60. The number of aliphatic hydroxyl groups excluding tert-OH is 4. The van der Waals surface area contributed by atoms with Gasteiger partial charge in [0.25, 0.3) is 0 Å². The van der Waals surface area contributed by atoms with Crippen molar-refractivity contribution in [2.75, 3.05) is 0 Å². The number of hydrogen-bond acceptors (Lipinski definition) is 5. The zero-order valence-electron chi connectivity index (χ0n) is 8.37. The van der Waals surface area contributed by atoms with E-state index in [1.807, 2.05) is 13.8 Å². The molecule has 5 heteroatoms. The van der Waals surface area contributed by atoms with Gasteiger partial charge in [-0.2, -0.15) is 0 Å². The summed E-state index contributed by atoms with van der Waals surface area (Å²) in [5, 5.41) is 37.3. The van der Waals surface area contributed by atoms with Gasteiger partial charge in [0.15, 0.2) is 6.29 Å². The molecule has 0 saturated carbocycles. The van der Waals surface area contributed by atoms with Gasteiger partial charge < -0.3 is 25.2 Å². The van der Waals surface area contributed by atoms with E-state index >= 15 is 0 Å². The van der Waals surface area contributed by atoms with Crippen molar-refractivity contribution in [3.05, 3.63) is 0 Å². The van der Waals surface area contributed by atoms with Crippen molar-refractivity contribution in [2.45, 2.75) is 51.0 Å². The zero-order valence-corrected chi connectivity index (χ0v) is 8.37. The zero-order chi connectivity index (χ0) is 10.9. The predicted octanol–water partition coefficient (Wildman–Crippen LogP) is -1.17. The van der Waals surface area contributed by atoms with Gasteiger partial charge in [-0.15, -0.1) is 0 Å². The first-order valence-corrected chi connectivity index (χ1v) is 4.81. The Morgan fingerprint density at radius 1 is 1.00 bits per heavy atom. The Morgan fingerprint density at radius 3 is 2.07 bits per heavy atom. The quantitative estimate of drug-likeness (QED) is 0.457. The third-order valence-electron chi connectivity index (χ3n) is 2.39. The maximum atomic E-state index is 9.53. The number of hydrogen-bond donors (Lipinski definition) is 4. The van der Waals surface area contributed by atoms with Gasteiger partial charge in [-0.3, -0.25) is 0 Å². The summed E-state index contributed by atoms with van der Waals surface area (Å²) in [7, 11) is 0. The predicted molar refractivity (Wildman–Crippen MR) is 48.4 cm³/mol. The Morgan fingerprint density at radius 2 is 1.57 bits per heavy atom. The Kier molecular flexibility index (Phi) is 3.86. The lowest BCUT2D eigenvalue weighted by Crippen LogP contribution is -2.57. The highest BCUT2D eigenvalue weighted by Crippen LogP contribution is 2.24. The minimum absolute atomic E-state index is 0.282. The Bertz CT molecular complexity index is 184. The molecule has 0 amide bonds. The van der Waals surface area contributed by atoms with Gasteiger partial charge in [0.1, 0.15) is 18.3 Å². The Hall–Kier alpha value is -0.200. The molecule has 5 nitrogen and oxygen atoms in total. The summed E-state index contributed by atoms with van der Waals surface area (Å²) in [5.41, 5.74) is 0. The third kappa shape index (κ3) is 2.43. The summed E-state index contributed by atoms with van der Waals surface area (Å²) >= 11 is 0. The van der Waals surface area contributed by atoms with E-state index in [0.29, 0.717) is 6.42 Å². The highest BCUT2D eigenvalue weighted by Gasteiger charge is 2.42. The molecule has 1 aliphatic rings. The molecule has 0 aliphatic carbocycles. The van der Waals surface area contributed by atoms with Crippen molar-refractivity contribution >= 4 is 0 Å². The minimum Gasteiger partial charge on any atom is -0.388 e. The van der Waals surface area contributed by atoms with Crippen LogP contribution in [0.3, 0.4) is 0 Å². The van der Waals surface area contributed by atoms with Crippen LogP contribution >= 0.6 is 0 Å². The first-order valence-electron chi connectivity index (χ1n) is 4.81. The van der Waals surface area contributed by atoms with Crippen LogP contribution in [0.25, 0.3) is 0 Å². The van der Waals surface area contributed by atoms with Gasteiger partial charge in [-0.1, -0.05) is 13.8 Å². The van der Waals surface area contributed by atoms with Crippen LogP contribution in [0.2, 0.25) is 0 Å². The van der Waals surface area contributed by atoms with Gasteiger partial charge in [-0.05, 0) is 12.3 Å². The van der Waals surface area contributed by atoms with E-state index in [2.05, 4.69) is 0 Å². The van der Waals surface area contributed by atoms with E-state index in [1.165, 1.54) is 0 Å². The van der Waals surface area contributed by atoms with Crippen molar-refractivity contribution in [1.82, 2.24) is 0 Å². The normalized spacial score (nSPS) is 44.4. The first kappa shape index (κ1) is 11.9. The van der Waals surface area contributed by atoms with Crippen molar-refractivity contribution in [3.8, 4) is 0 Å². The fraction of sp³-hybridized carbons (Fsp3) is 1.00. The summed E-state index contributed by atoms with van der Waals surface area (Å²) in [6.07, 6.45) is -5.44. The molecule has 14 heavy (non-hydrogen) atoms. The second-order valence-electron chi connectivity index (χ2n) is 4.17. The van der Waals surface area contributed by atoms with Crippen molar-refractivity contribution in [3.63, 3.8) is 0 Å². The van der Waals surface area contributed by atoms with Crippen molar-refractivity contribution < 1.29 is 25.2 Å². The van der Waals surface area contributed by atoms with Gasteiger partial charge >= 0.3 is 0 Å². The molecule has 0 radical (unpaired) electrons. The molecule has 4 N–H and O–H groups in total. The van der Waals surface area contributed by atoms with Crippen LogP contribution in [0, 0.1) is 5.92 Å². The van der Waals surface area contributed by atoms with E-state index in [9.17, 15) is 20.4 Å². The van der Waals surface area contributed by atoms with Crippen LogP contribution in [0.15, 0.2) is 0 Å². The number of aliphatic hydroxyl groups is 4. The molecule has 1 saturated heterocycles. The number of rotatable bonds is 2. The molecule has 1 aliphatic heterocycles. The van der Waals surface area contributed by atoms with Crippen LogP contribution in [0.5, 0.6) is 0 Å². The summed E-state index contributed by atoms with van der Waals surface area (Å²) in [6, 6.07) is 0. The summed E-state index contributed by atoms with van der Waals surface area (Å²) < 4.78 is 4.99. The van der Waals surface area contributed by atoms with Crippen LogP contribution in [-0.2, 0) is 4.74 Å². The van der Waals surface area contributed by atoms with Gasteiger partial charge in [0.05, 0.1) is 6.10 Å². The van der Waals surface area contributed by atoms with Crippen molar-refractivity contribution in [2.24, 2.45) is 5.92 Å². The molecular formula is C9H18O5. The lowest BCUT2D eigenvalue weighted by atomic mass is 9.93. The van der Waals surface area contributed by atoms with E-state index in [1.54, 1.807) is 0 Å². The molecule has 84 valence electrons. The van der Waals surface area contributed by atoms with Crippen LogP contribution in [0.1, 0.15) is 20.3 Å². The third-order valence-corrected chi connectivity index (χ3v) is 2.39. The van der Waals surface area contributed by atoms with Crippen molar-refractivity contribution in [1.29, 1.82) is 0 Å². The molecule has 5 atom stereocenters. The molecule has 0 aromatic heterocycles. The molecule has 1 heterocycles. The molecular weight excluding hydrogens is 188 g/mol. The van der Waals surface area contributed by atoms with E-state index in [4.69, 9.17) is 4.74 Å². The smallest absolute Gasteiger partial charge is 0.183 e. The molecule has 1 rings (SSSR count). The fourth-order valence-electron chi connectivity index (χ4n) is 1.59. The summed E-state index contributed by atoms with van der Waals surface area (Å²) in [4.78, 5) is 0. The largest absolute Gasteiger partial charge is 0.388 e. The minimum atomic E-state index is -1.44. The second-order valence-corrected chi connectivity index (χ2v) is 4.17. The lowest BCUT2D eigenvalue weighted by Gasteiger charge is -2.38. The Labute approximate surface area is 82.9 Å². The SMILES string of the molecule is CC(C)CC1OC(O)C(O)C(O)C1O. The standard InChI is InChI=1S/C9H18O5/c1-4(2)3-5-6(10)7(11)8(12)9(13)14-5/h4-13H,3H2,1-2H3. The second kappa shape index (κ2) is 4.55. The number of ether oxygens (including phenoxy) is 1. The molecule has 0 aromatic carbocycles. The van der Waals surface area contributed by atoms with Gasteiger partial charge in [0.2, 0.25) is 0 Å². The average Bonchev–Trinajstić information content (AvgIpc) is 2.10. The highest BCUT2D eigenvalue weighted by molar-refractivity contribution is 4.88.